The summed E-state index contributed by atoms with van der Waals surface area (Å²) in [5.41, 5.74) is 0.442. The summed E-state index contributed by atoms with van der Waals surface area (Å²) in [7, 11) is 0. The lowest BCUT2D eigenvalue weighted by molar-refractivity contribution is 0.0615. The predicted octanol–water partition coefficient (Wildman–Crippen LogP) is 0.901. The molecule has 8 heteroatoms. The third kappa shape index (κ3) is 3.44. The van der Waals surface area contributed by atoms with E-state index < -0.39 is 11.6 Å². The molecule has 1 amide bonds. The SMILES string of the molecule is O=C(c1cnn(-c2ccc(F)cc2F)c1)N1CCN(CCO)CC1. The highest BCUT2D eigenvalue weighted by Crippen LogP contribution is 2.16. The molecule has 24 heavy (non-hydrogen) atoms. The number of β-amino-alcohol motifs (C(OH)–C–C–N with tert-alkyl or cyclic N) is 1. The van der Waals surface area contributed by atoms with Crippen molar-refractivity contribution in [3.8, 4) is 5.69 Å². The molecular weight excluding hydrogens is 318 g/mol. The Morgan fingerprint density at radius 2 is 1.96 bits per heavy atom. The van der Waals surface area contributed by atoms with Crippen LogP contribution in [-0.4, -0.2) is 69.9 Å². The number of aliphatic hydroxyl groups excluding tert-OH is 1. The smallest absolute Gasteiger partial charge is 0.257 e. The summed E-state index contributed by atoms with van der Waals surface area (Å²) in [5.74, 6) is -1.58. The van der Waals surface area contributed by atoms with Gasteiger partial charge in [-0.3, -0.25) is 9.69 Å². The number of benzene rings is 1. The van der Waals surface area contributed by atoms with Crippen molar-refractivity contribution in [1.82, 2.24) is 19.6 Å². The van der Waals surface area contributed by atoms with Crippen LogP contribution in [0.4, 0.5) is 8.78 Å². The molecular formula is C16H18F2N4O2. The van der Waals surface area contributed by atoms with E-state index in [1.54, 1.807) is 4.90 Å². The normalized spacial score (nSPS) is 15.7. The second kappa shape index (κ2) is 7.06. The molecule has 0 unspecified atom stereocenters. The van der Waals surface area contributed by atoms with Gasteiger partial charge in [0.25, 0.3) is 5.91 Å². The first-order chi connectivity index (χ1) is 11.6. The second-order valence-electron chi connectivity index (χ2n) is 5.63. The third-order valence-corrected chi connectivity index (χ3v) is 4.06. The number of carbonyl (C=O) groups excluding carboxylic acids is 1. The van der Waals surface area contributed by atoms with Crippen LogP contribution in [-0.2, 0) is 0 Å². The summed E-state index contributed by atoms with van der Waals surface area (Å²) >= 11 is 0. The lowest BCUT2D eigenvalue weighted by Crippen LogP contribution is -2.49. The maximum Gasteiger partial charge on any atom is 0.257 e. The summed E-state index contributed by atoms with van der Waals surface area (Å²) in [6.07, 6.45) is 2.82. The molecule has 1 aromatic carbocycles. The van der Waals surface area contributed by atoms with Gasteiger partial charge in [0.15, 0.2) is 5.82 Å². The van der Waals surface area contributed by atoms with Crippen molar-refractivity contribution >= 4 is 5.91 Å². The minimum atomic E-state index is -0.741. The molecule has 3 rings (SSSR count). The van der Waals surface area contributed by atoms with Gasteiger partial charge in [0.1, 0.15) is 11.5 Å². The van der Waals surface area contributed by atoms with Crippen molar-refractivity contribution in [2.75, 3.05) is 39.3 Å². The summed E-state index contributed by atoms with van der Waals surface area (Å²) < 4.78 is 28.0. The van der Waals surface area contributed by atoms with Gasteiger partial charge in [-0.25, -0.2) is 13.5 Å². The maximum absolute atomic E-state index is 13.8. The zero-order valence-corrected chi connectivity index (χ0v) is 13.0. The van der Waals surface area contributed by atoms with Crippen molar-refractivity contribution < 1.29 is 18.7 Å². The topological polar surface area (TPSA) is 61.6 Å². The molecule has 2 aromatic rings. The fourth-order valence-electron chi connectivity index (χ4n) is 2.73. The van der Waals surface area contributed by atoms with E-state index >= 15 is 0 Å². The van der Waals surface area contributed by atoms with Crippen LogP contribution in [0.5, 0.6) is 0 Å². The zero-order chi connectivity index (χ0) is 17.1. The Balaban J connectivity index is 1.70. The Labute approximate surface area is 137 Å². The van der Waals surface area contributed by atoms with Crippen LogP contribution in [0.3, 0.4) is 0 Å². The number of aliphatic hydroxyl groups is 1. The largest absolute Gasteiger partial charge is 0.395 e. The standard InChI is InChI=1S/C16H18F2N4O2/c17-13-1-2-15(14(18)9-13)22-11-12(10-19-22)16(24)21-5-3-20(4-6-21)7-8-23/h1-2,9-11,23H,3-8H2. The van der Waals surface area contributed by atoms with Gasteiger partial charge in [0, 0.05) is 45.0 Å². The van der Waals surface area contributed by atoms with E-state index in [4.69, 9.17) is 5.11 Å². The van der Waals surface area contributed by atoms with Crippen LogP contribution in [0.1, 0.15) is 10.4 Å². The number of halogens is 2. The van der Waals surface area contributed by atoms with E-state index in [0.717, 1.165) is 12.1 Å². The number of hydrogen-bond donors (Lipinski definition) is 1. The van der Waals surface area contributed by atoms with Crippen molar-refractivity contribution in [3.05, 3.63) is 47.8 Å². The number of carbonyl (C=O) groups is 1. The Morgan fingerprint density at radius 1 is 1.21 bits per heavy atom. The molecule has 0 atom stereocenters. The number of piperazine rings is 1. The van der Waals surface area contributed by atoms with Gasteiger partial charge in [-0.2, -0.15) is 5.10 Å². The van der Waals surface area contributed by atoms with E-state index in [9.17, 15) is 13.6 Å². The van der Waals surface area contributed by atoms with Crippen LogP contribution < -0.4 is 0 Å². The number of aromatic nitrogens is 2. The third-order valence-electron chi connectivity index (χ3n) is 4.06. The fourth-order valence-corrected chi connectivity index (χ4v) is 2.73. The monoisotopic (exact) mass is 336 g/mol. The summed E-state index contributed by atoms with van der Waals surface area (Å²) in [5, 5.41) is 12.9. The van der Waals surface area contributed by atoms with Crippen molar-refractivity contribution in [2.24, 2.45) is 0 Å². The predicted molar refractivity (Wildman–Crippen MR) is 82.9 cm³/mol. The van der Waals surface area contributed by atoms with Crippen LogP contribution >= 0.6 is 0 Å². The molecule has 1 aliphatic rings. The van der Waals surface area contributed by atoms with Gasteiger partial charge in [0.2, 0.25) is 0 Å². The van der Waals surface area contributed by atoms with E-state index in [2.05, 4.69) is 10.00 Å². The first-order valence-electron chi connectivity index (χ1n) is 7.71. The quantitative estimate of drug-likeness (QED) is 0.901. The molecule has 0 saturated carbocycles. The Morgan fingerprint density at radius 3 is 2.62 bits per heavy atom. The average molecular weight is 336 g/mol. The molecule has 1 N–H and O–H groups in total. The first-order valence-corrected chi connectivity index (χ1v) is 7.71. The van der Waals surface area contributed by atoms with E-state index in [1.165, 1.54) is 23.1 Å². The first kappa shape index (κ1) is 16.5. The number of rotatable bonds is 4. The molecule has 1 saturated heterocycles. The lowest BCUT2D eigenvalue weighted by atomic mass is 10.2. The van der Waals surface area contributed by atoms with Gasteiger partial charge in [-0.05, 0) is 12.1 Å². The Bertz CT molecular complexity index is 727. The highest BCUT2D eigenvalue weighted by atomic mass is 19.1. The summed E-state index contributed by atoms with van der Waals surface area (Å²) in [6, 6.07) is 3.19. The van der Waals surface area contributed by atoms with Gasteiger partial charge in [-0.1, -0.05) is 0 Å². The molecule has 1 fully saturated rings. The minimum Gasteiger partial charge on any atom is -0.395 e. The lowest BCUT2D eigenvalue weighted by Gasteiger charge is -2.34. The minimum absolute atomic E-state index is 0.0863. The van der Waals surface area contributed by atoms with E-state index in [0.29, 0.717) is 38.3 Å². The average Bonchev–Trinajstić information content (AvgIpc) is 3.05. The molecule has 2 heterocycles. The van der Waals surface area contributed by atoms with Gasteiger partial charge in [-0.15, -0.1) is 0 Å². The van der Waals surface area contributed by atoms with Crippen molar-refractivity contribution in [3.63, 3.8) is 0 Å². The Kier molecular flexibility index (Phi) is 4.86. The Hall–Kier alpha value is -2.32. The number of nitrogens with zero attached hydrogens (tertiary/aromatic N) is 4. The molecule has 6 nitrogen and oxygen atoms in total. The van der Waals surface area contributed by atoms with Gasteiger partial charge >= 0.3 is 0 Å². The van der Waals surface area contributed by atoms with Crippen molar-refractivity contribution in [2.45, 2.75) is 0 Å². The number of hydrogen-bond acceptors (Lipinski definition) is 4. The molecule has 0 aliphatic carbocycles. The molecule has 128 valence electrons. The molecule has 1 aromatic heterocycles. The highest BCUT2D eigenvalue weighted by Gasteiger charge is 2.23. The van der Waals surface area contributed by atoms with Gasteiger partial charge in [0.05, 0.1) is 18.4 Å². The molecule has 1 aliphatic heterocycles. The van der Waals surface area contributed by atoms with Crippen molar-refractivity contribution in [1.29, 1.82) is 0 Å². The highest BCUT2D eigenvalue weighted by molar-refractivity contribution is 5.93. The number of amides is 1. The van der Waals surface area contributed by atoms with Crippen LogP contribution in [0.15, 0.2) is 30.6 Å². The summed E-state index contributed by atoms with van der Waals surface area (Å²) in [4.78, 5) is 16.3. The van der Waals surface area contributed by atoms with Crippen LogP contribution in [0.2, 0.25) is 0 Å². The zero-order valence-electron chi connectivity index (χ0n) is 13.0. The fraction of sp³-hybridized carbons (Fsp3) is 0.375. The second-order valence-corrected chi connectivity index (χ2v) is 5.63. The van der Waals surface area contributed by atoms with Crippen LogP contribution in [0.25, 0.3) is 5.69 Å². The van der Waals surface area contributed by atoms with E-state index in [-0.39, 0.29) is 18.2 Å². The maximum atomic E-state index is 13.8. The van der Waals surface area contributed by atoms with Crippen LogP contribution in [0, 0.1) is 11.6 Å². The molecule has 0 radical (unpaired) electrons. The summed E-state index contributed by atoms with van der Waals surface area (Å²) in [6.45, 7) is 3.23. The molecule has 0 bridgehead atoms. The van der Waals surface area contributed by atoms with Gasteiger partial charge < -0.3 is 10.0 Å². The molecule has 0 spiro atoms. The van der Waals surface area contributed by atoms with E-state index in [1.807, 2.05) is 0 Å².